The van der Waals surface area contributed by atoms with Crippen LogP contribution in [0.15, 0.2) is 128 Å². The van der Waals surface area contributed by atoms with Crippen LogP contribution in [0, 0.1) is 11.8 Å². The van der Waals surface area contributed by atoms with Gasteiger partial charge in [-0.15, -0.1) is 13.2 Å². The monoisotopic (exact) mass is 833 g/mol. The Morgan fingerprint density at radius 3 is 2.37 bits per heavy atom. The van der Waals surface area contributed by atoms with Crippen LogP contribution >= 0.6 is 15.9 Å². The van der Waals surface area contributed by atoms with E-state index < -0.39 is 77.0 Å². The van der Waals surface area contributed by atoms with Gasteiger partial charge < -0.3 is 29.7 Å². The van der Waals surface area contributed by atoms with Crippen molar-refractivity contribution < 1.29 is 33.8 Å². The molecular formula is C46H48BrN3O7. The molecule has 4 aromatic rings. The molecule has 2 bridgehead atoms. The number of halogens is 1. The summed E-state index contributed by atoms with van der Waals surface area (Å²) >= 11 is 3.78. The Morgan fingerprint density at radius 1 is 1.00 bits per heavy atom. The van der Waals surface area contributed by atoms with Crippen LogP contribution < -0.4 is 10.2 Å². The molecule has 3 aliphatic rings. The predicted molar refractivity (Wildman–Crippen MR) is 222 cm³/mol. The Balaban J connectivity index is 1.28. The minimum Gasteiger partial charge on any atom is -0.455 e. The Hall–Kier alpha value is -5.10. The molecule has 3 heterocycles. The van der Waals surface area contributed by atoms with Crippen molar-refractivity contribution in [3.63, 3.8) is 0 Å². The number of aliphatic hydroxyl groups excluding tert-OH is 1. The van der Waals surface area contributed by atoms with E-state index >= 15 is 9.59 Å². The van der Waals surface area contributed by atoms with E-state index in [2.05, 4.69) is 34.4 Å². The number of benzene rings is 4. The third-order valence-corrected chi connectivity index (χ3v) is 12.4. The molecule has 7 rings (SSSR count). The van der Waals surface area contributed by atoms with Gasteiger partial charge in [0.25, 0.3) is 5.91 Å². The summed E-state index contributed by atoms with van der Waals surface area (Å²) in [6.45, 7) is 9.14. The molecule has 0 radical (unpaired) electrons. The SMILES string of the molecule is C=CCCC(=O)N[C@H](C)[C@@H](OC(=O)[C@@H]1[C@H]2O[C@@]3(CC2Br)[C@H](C(=O)N(CC=C)c2ccc4ccccc4c2)N([C@@H](CO)Cc2ccccc2)C(=O)[C@@H]13)c1ccccc1. The number of hydrogen-bond donors (Lipinski definition) is 2. The number of hydrogen-bond acceptors (Lipinski definition) is 7. The summed E-state index contributed by atoms with van der Waals surface area (Å²) in [5, 5.41) is 15.9. The molecule has 3 aliphatic heterocycles. The minimum absolute atomic E-state index is 0.140. The summed E-state index contributed by atoms with van der Waals surface area (Å²) in [5.41, 5.74) is 0.729. The number of fused-ring (bicyclic) bond motifs is 2. The lowest BCUT2D eigenvalue weighted by Crippen LogP contribution is -2.59. The van der Waals surface area contributed by atoms with Crippen molar-refractivity contribution in [1.29, 1.82) is 0 Å². The number of esters is 1. The van der Waals surface area contributed by atoms with Crippen LogP contribution in [0.5, 0.6) is 0 Å². The maximum Gasteiger partial charge on any atom is 0.313 e. The van der Waals surface area contributed by atoms with Crippen molar-refractivity contribution in [3.05, 3.63) is 140 Å². The van der Waals surface area contributed by atoms with E-state index in [-0.39, 0.29) is 31.7 Å². The van der Waals surface area contributed by atoms with Crippen molar-refractivity contribution in [3.8, 4) is 0 Å². The number of alkyl halides is 1. The smallest absolute Gasteiger partial charge is 0.313 e. The van der Waals surface area contributed by atoms with Gasteiger partial charge in [0.15, 0.2) is 0 Å². The van der Waals surface area contributed by atoms with Crippen LogP contribution in [-0.4, -0.2) is 81.5 Å². The number of nitrogens with zero attached hydrogens (tertiary/aromatic N) is 2. The first-order valence-corrected chi connectivity index (χ1v) is 20.4. The van der Waals surface area contributed by atoms with Gasteiger partial charge in [-0.2, -0.15) is 0 Å². The lowest BCUT2D eigenvalue weighted by molar-refractivity contribution is -0.162. The Bertz CT molecular complexity index is 2130. The van der Waals surface area contributed by atoms with E-state index in [1.807, 2.05) is 103 Å². The number of rotatable bonds is 16. The van der Waals surface area contributed by atoms with Gasteiger partial charge in [-0.05, 0) is 60.2 Å². The molecule has 296 valence electrons. The summed E-state index contributed by atoms with van der Waals surface area (Å²) in [6.07, 6.45) is 2.89. The van der Waals surface area contributed by atoms with Gasteiger partial charge in [0, 0.05) is 23.5 Å². The van der Waals surface area contributed by atoms with Crippen LogP contribution in [0.2, 0.25) is 0 Å². The zero-order valence-electron chi connectivity index (χ0n) is 31.9. The number of ether oxygens (including phenoxy) is 2. The van der Waals surface area contributed by atoms with Crippen LogP contribution in [0.3, 0.4) is 0 Å². The number of likely N-dealkylation sites (tertiary alicyclic amines) is 1. The zero-order chi connectivity index (χ0) is 40.3. The Kier molecular flexibility index (Phi) is 12.1. The molecule has 11 heteroatoms. The van der Waals surface area contributed by atoms with Gasteiger partial charge in [-0.1, -0.05) is 119 Å². The first-order chi connectivity index (χ1) is 27.6. The first kappa shape index (κ1) is 40.1. The largest absolute Gasteiger partial charge is 0.455 e. The molecule has 10 nitrogen and oxygen atoms in total. The molecule has 0 saturated carbocycles. The average molecular weight is 835 g/mol. The first-order valence-electron chi connectivity index (χ1n) is 19.5. The number of allylic oxidation sites excluding steroid dienone is 1. The number of amides is 3. The van der Waals surface area contributed by atoms with E-state index in [1.165, 1.54) is 4.90 Å². The van der Waals surface area contributed by atoms with Gasteiger partial charge in [0.1, 0.15) is 17.7 Å². The minimum atomic E-state index is -1.43. The second-order valence-corrected chi connectivity index (χ2v) is 16.3. The van der Waals surface area contributed by atoms with E-state index in [4.69, 9.17) is 9.47 Å². The maximum absolute atomic E-state index is 15.4. The second-order valence-electron chi connectivity index (χ2n) is 15.2. The average Bonchev–Trinajstić information content (AvgIpc) is 3.83. The fourth-order valence-electron chi connectivity index (χ4n) is 9.03. The second kappa shape index (κ2) is 17.2. The summed E-state index contributed by atoms with van der Waals surface area (Å²) in [5.74, 6) is -3.91. The highest BCUT2D eigenvalue weighted by molar-refractivity contribution is 9.09. The molecule has 4 aromatic carbocycles. The molecule has 9 atom stereocenters. The molecule has 3 saturated heterocycles. The van der Waals surface area contributed by atoms with Crippen LogP contribution in [0.1, 0.15) is 43.4 Å². The highest BCUT2D eigenvalue weighted by Gasteiger charge is 2.77. The Morgan fingerprint density at radius 2 is 1.68 bits per heavy atom. The van der Waals surface area contributed by atoms with Gasteiger partial charge in [-0.25, -0.2) is 0 Å². The standard InChI is InChI=1S/C46H48BrN3O7/c1-4-6-21-37(52)48-29(3)40(32-18-11-8-12-19-32)56-45(55)38-39-43(53)50(35(28-51)25-30-15-9-7-10-16-30)42(46(39)27-36(47)41(38)57-46)44(54)49(24-5-2)34-23-22-31-17-13-14-20-33(31)26-34/h4-5,7-20,22-23,26,29,35-36,38-42,51H,1-2,6,21,24-25,27-28H2,3H3,(H,48,52)/t29-,35-,36?,38+,39-,40-,41+,42+,46-/m1/s1. The van der Waals surface area contributed by atoms with Crippen molar-refractivity contribution in [2.24, 2.45) is 11.8 Å². The van der Waals surface area contributed by atoms with E-state index in [9.17, 15) is 14.7 Å². The van der Waals surface area contributed by atoms with E-state index in [0.717, 1.165) is 16.3 Å². The maximum atomic E-state index is 15.4. The van der Waals surface area contributed by atoms with Gasteiger partial charge >= 0.3 is 5.97 Å². The summed E-state index contributed by atoms with van der Waals surface area (Å²) < 4.78 is 13.2. The molecule has 2 N–H and O–H groups in total. The third-order valence-electron chi connectivity index (χ3n) is 11.6. The highest BCUT2D eigenvalue weighted by Crippen LogP contribution is 2.61. The number of aliphatic hydroxyl groups is 1. The number of nitrogens with one attached hydrogen (secondary N) is 1. The predicted octanol–water partition coefficient (Wildman–Crippen LogP) is 6.47. The Labute approximate surface area is 341 Å². The third kappa shape index (κ3) is 7.68. The van der Waals surface area contributed by atoms with Gasteiger partial charge in [0.05, 0.1) is 36.6 Å². The van der Waals surface area contributed by atoms with E-state index in [1.54, 1.807) is 24.0 Å². The molecule has 3 fully saturated rings. The summed E-state index contributed by atoms with van der Waals surface area (Å²) in [6, 6.07) is 29.6. The van der Waals surface area contributed by atoms with Crippen LogP contribution in [-0.2, 0) is 35.1 Å². The topological polar surface area (TPSA) is 125 Å². The van der Waals surface area contributed by atoms with Crippen molar-refractivity contribution in [2.75, 3.05) is 18.1 Å². The van der Waals surface area contributed by atoms with Crippen LogP contribution in [0.25, 0.3) is 10.8 Å². The zero-order valence-corrected chi connectivity index (χ0v) is 33.5. The fraction of sp³-hybridized carbons (Fsp3) is 0.348. The molecule has 3 amide bonds. The summed E-state index contributed by atoms with van der Waals surface area (Å²) in [7, 11) is 0. The fourth-order valence-corrected chi connectivity index (χ4v) is 9.97. The van der Waals surface area contributed by atoms with Crippen LogP contribution in [0.4, 0.5) is 5.69 Å². The van der Waals surface area contributed by atoms with Crippen molar-refractivity contribution >= 4 is 56.1 Å². The molecule has 0 aromatic heterocycles. The molecular weight excluding hydrogens is 786 g/mol. The number of anilines is 1. The van der Waals surface area contributed by atoms with Crippen molar-refractivity contribution in [1.82, 2.24) is 10.2 Å². The van der Waals surface area contributed by atoms with Crippen molar-refractivity contribution in [2.45, 2.75) is 73.4 Å². The molecule has 1 spiro atoms. The van der Waals surface area contributed by atoms with Gasteiger partial charge in [-0.3, -0.25) is 19.2 Å². The van der Waals surface area contributed by atoms with E-state index in [0.29, 0.717) is 17.7 Å². The lowest BCUT2D eigenvalue weighted by Gasteiger charge is -2.39. The normalized spacial score (nSPS) is 25.0. The summed E-state index contributed by atoms with van der Waals surface area (Å²) in [4.78, 5) is 60.8. The molecule has 57 heavy (non-hydrogen) atoms. The number of carbonyl (C=O) groups excluding carboxylic acids is 4. The molecule has 1 unspecified atom stereocenters. The highest BCUT2D eigenvalue weighted by atomic mass is 79.9. The van der Waals surface area contributed by atoms with Gasteiger partial charge in [0.2, 0.25) is 11.8 Å². The lowest BCUT2D eigenvalue weighted by atomic mass is 9.70. The number of carbonyl (C=O) groups is 4. The molecule has 0 aliphatic carbocycles. The quantitative estimate of drug-likeness (QED) is 0.0754.